The quantitative estimate of drug-likeness (QED) is 0.359. The predicted molar refractivity (Wildman–Crippen MR) is 89.3 cm³/mol. The smallest absolute Gasteiger partial charge is 0.271 e. The minimum atomic E-state index is -0.518. The lowest BCUT2D eigenvalue weighted by Gasteiger charge is -2.07. The third-order valence-electron chi connectivity index (χ3n) is 3.44. The van der Waals surface area contributed by atoms with Gasteiger partial charge in [0.05, 0.1) is 15.6 Å². The number of hydrogen-bond donors (Lipinski definition) is 1. The van der Waals surface area contributed by atoms with Crippen molar-refractivity contribution in [1.82, 2.24) is 0 Å². The lowest BCUT2D eigenvalue weighted by Crippen LogP contribution is -2.11. The second kappa shape index (κ2) is 10.2. The summed E-state index contributed by atoms with van der Waals surface area (Å²) < 4.78 is 0. The molecule has 1 rings (SSSR count). The summed E-state index contributed by atoms with van der Waals surface area (Å²) in [6.45, 7) is 2.19. The number of halogens is 1. The van der Waals surface area contributed by atoms with Gasteiger partial charge in [-0.15, -0.1) is 0 Å². The van der Waals surface area contributed by atoms with E-state index in [-0.39, 0.29) is 16.6 Å². The molecule has 0 heterocycles. The molecule has 0 saturated carbocycles. The van der Waals surface area contributed by atoms with Crippen LogP contribution < -0.4 is 5.32 Å². The van der Waals surface area contributed by atoms with Crippen LogP contribution in [0.15, 0.2) is 18.2 Å². The molecule has 5 nitrogen and oxygen atoms in total. The molecule has 0 aliphatic carbocycles. The van der Waals surface area contributed by atoms with Crippen LogP contribution in [0.5, 0.6) is 0 Å². The molecule has 0 fully saturated rings. The summed E-state index contributed by atoms with van der Waals surface area (Å²) in [6, 6.07) is 4.03. The summed E-state index contributed by atoms with van der Waals surface area (Å²) in [5.74, 6) is -0.107. The number of hydrogen-bond acceptors (Lipinski definition) is 3. The van der Waals surface area contributed by atoms with E-state index in [2.05, 4.69) is 12.2 Å². The van der Waals surface area contributed by atoms with Gasteiger partial charge in [0.25, 0.3) is 5.69 Å². The Morgan fingerprint density at radius 1 is 1.18 bits per heavy atom. The van der Waals surface area contributed by atoms with Crippen LogP contribution in [0, 0.1) is 10.1 Å². The molecule has 0 atom stereocenters. The van der Waals surface area contributed by atoms with Gasteiger partial charge < -0.3 is 5.32 Å². The molecule has 0 aliphatic rings. The molecule has 0 unspecified atom stereocenters. The van der Waals surface area contributed by atoms with Crippen LogP contribution in [0.1, 0.15) is 58.3 Å². The zero-order valence-corrected chi connectivity index (χ0v) is 13.7. The summed E-state index contributed by atoms with van der Waals surface area (Å²) in [7, 11) is 0. The van der Waals surface area contributed by atoms with E-state index >= 15 is 0 Å². The SMILES string of the molecule is CCCCCCCCCC(=O)Nc1ccc([N+](=O)[O-])cc1Cl. The highest BCUT2D eigenvalue weighted by Gasteiger charge is 2.11. The van der Waals surface area contributed by atoms with Gasteiger partial charge in [-0.25, -0.2) is 0 Å². The molecule has 1 N–H and O–H groups in total. The zero-order chi connectivity index (χ0) is 16.4. The topological polar surface area (TPSA) is 72.2 Å². The molecule has 1 amide bonds. The van der Waals surface area contributed by atoms with E-state index in [9.17, 15) is 14.9 Å². The Hall–Kier alpha value is -1.62. The molecule has 0 saturated heterocycles. The average molecular weight is 327 g/mol. The molecular formula is C16H23ClN2O3. The maximum Gasteiger partial charge on any atom is 0.271 e. The standard InChI is InChI=1S/C16H23ClN2O3/c1-2-3-4-5-6-7-8-9-16(20)18-15-11-10-13(19(21)22)12-14(15)17/h10-12H,2-9H2,1H3,(H,18,20). The van der Waals surface area contributed by atoms with E-state index in [1.165, 1.54) is 43.9 Å². The minimum absolute atomic E-state index is 0.0879. The predicted octanol–water partition coefficient (Wildman–Crippen LogP) is 5.33. The molecule has 1 aromatic rings. The summed E-state index contributed by atoms with van der Waals surface area (Å²) >= 11 is 5.93. The Labute approximate surface area is 136 Å². The van der Waals surface area contributed by atoms with Gasteiger partial charge in [-0.3, -0.25) is 14.9 Å². The first-order valence-electron chi connectivity index (χ1n) is 7.78. The van der Waals surface area contributed by atoms with E-state index in [1.807, 2.05) is 0 Å². The van der Waals surface area contributed by atoms with Crippen LogP contribution in [0.4, 0.5) is 11.4 Å². The van der Waals surface area contributed by atoms with Crippen LogP contribution in [0.2, 0.25) is 5.02 Å². The Balaban J connectivity index is 2.29. The number of anilines is 1. The second-order valence-corrected chi connectivity index (χ2v) is 5.75. The number of amides is 1. The van der Waals surface area contributed by atoms with E-state index in [0.717, 1.165) is 19.3 Å². The number of nitrogens with one attached hydrogen (secondary N) is 1. The number of unbranched alkanes of at least 4 members (excludes halogenated alkanes) is 6. The number of nitrogens with zero attached hydrogens (tertiary/aromatic N) is 1. The molecule has 0 radical (unpaired) electrons. The Morgan fingerprint density at radius 3 is 2.41 bits per heavy atom. The lowest BCUT2D eigenvalue weighted by atomic mass is 10.1. The molecule has 0 aliphatic heterocycles. The number of nitro groups is 1. The van der Waals surface area contributed by atoms with Gasteiger partial charge in [-0.1, -0.05) is 57.0 Å². The molecule has 0 bridgehead atoms. The van der Waals surface area contributed by atoms with E-state index in [4.69, 9.17) is 11.6 Å². The summed E-state index contributed by atoms with van der Waals surface area (Å²) in [4.78, 5) is 21.9. The normalized spacial score (nSPS) is 10.5. The molecule has 0 aromatic heterocycles. The van der Waals surface area contributed by atoms with Crippen LogP contribution in [-0.2, 0) is 4.79 Å². The first-order chi connectivity index (χ1) is 10.5. The van der Waals surface area contributed by atoms with Crippen LogP contribution in [0.3, 0.4) is 0 Å². The van der Waals surface area contributed by atoms with Crippen molar-refractivity contribution in [3.8, 4) is 0 Å². The van der Waals surface area contributed by atoms with Crippen molar-refractivity contribution in [1.29, 1.82) is 0 Å². The van der Waals surface area contributed by atoms with Crippen molar-refractivity contribution >= 4 is 28.9 Å². The highest BCUT2D eigenvalue weighted by Crippen LogP contribution is 2.26. The fraction of sp³-hybridized carbons (Fsp3) is 0.562. The fourth-order valence-electron chi connectivity index (χ4n) is 2.17. The number of carbonyl (C=O) groups excluding carboxylic acids is 1. The number of nitro benzene ring substituents is 1. The Morgan fingerprint density at radius 2 is 1.82 bits per heavy atom. The second-order valence-electron chi connectivity index (χ2n) is 5.34. The number of benzene rings is 1. The Bertz CT molecular complexity index is 506. The molecule has 1 aromatic carbocycles. The fourth-order valence-corrected chi connectivity index (χ4v) is 2.40. The summed E-state index contributed by atoms with van der Waals surface area (Å²) in [6.07, 6.45) is 8.50. The average Bonchev–Trinajstić information content (AvgIpc) is 2.48. The van der Waals surface area contributed by atoms with Crippen molar-refractivity contribution < 1.29 is 9.72 Å². The number of carbonyl (C=O) groups is 1. The highest BCUT2D eigenvalue weighted by atomic mass is 35.5. The molecule has 0 spiro atoms. The van der Waals surface area contributed by atoms with E-state index in [1.54, 1.807) is 0 Å². The van der Waals surface area contributed by atoms with Crippen molar-refractivity contribution in [3.63, 3.8) is 0 Å². The Kier molecular flexibility index (Phi) is 8.51. The number of non-ortho nitro benzene ring substituents is 1. The van der Waals surface area contributed by atoms with Crippen molar-refractivity contribution in [2.75, 3.05) is 5.32 Å². The third kappa shape index (κ3) is 6.89. The van der Waals surface area contributed by atoms with Gasteiger partial charge >= 0.3 is 0 Å². The van der Waals surface area contributed by atoms with Gasteiger partial charge in [0.1, 0.15) is 0 Å². The van der Waals surface area contributed by atoms with Crippen LogP contribution in [-0.4, -0.2) is 10.8 Å². The monoisotopic (exact) mass is 326 g/mol. The molecule has 6 heteroatoms. The van der Waals surface area contributed by atoms with E-state index in [0.29, 0.717) is 12.1 Å². The van der Waals surface area contributed by atoms with Gasteiger partial charge in [0.2, 0.25) is 5.91 Å². The molecular weight excluding hydrogens is 304 g/mol. The summed E-state index contributed by atoms with van der Waals surface area (Å²) in [5.41, 5.74) is 0.329. The molecule has 122 valence electrons. The zero-order valence-electron chi connectivity index (χ0n) is 12.9. The van der Waals surface area contributed by atoms with Gasteiger partial charge in [0.15, 0.2) is 0 Å². The maximum atomic E-state index is 11.8. The number of rotatable bonds is 10. The lowest BCUT2D eigenvalue weighted by molar-refractivity contribution is -0.384. The van der Waals surface area contributed by atoms with Crippen LogP contribution >= 0.6 is 11.6 Å². The molecule has 22 heavy (non-hydrogen) atoms. The van der Waals surface area contributed by atoms with Gasteiger partial charge in [0, 0.05) is 18.6 Å². The maximum absolute atomic E-state index is 11.8. The first kappa shape index (κ1) is 18.4. The summed E-state index contributed by atoms with van der Waals surface area (Å²) in [5, 5.41) is 13.5. The van der Waals surface area contributed by atoms with Gasteiger partial charge in [-0.05, 0) is 12.5 Å². The van der Waals surface area contributed by atoms with Crippen LogP contribution in [0.25, 0.3) is 0 Å². The van der Waals surface area contributed by atoms with Crippen molar-refractivity contribution in [3.05, 3.63) is 33.3 Å². The largest absolute Gasteiger partial charge is 0.325 e. The van der Waals surface area contributed by atoms with Crippen molar-refractivity contribution in [2.45, 2.75) is 58.3 Å². The highest BCUT2D eigenvalue weighted by molar-refractivity contribution is 6.33. The first-order valence-corrected chi connectivity index (χ1v) is 8.16. The minimum Gasteiger partial charge on any atom is -0.325 e. The van der Waals surface area contributed by atoms with Gasteiger partial charge in [-0.2, -0.15) is 0 Å². The van der Waals surface area contributed by atoms with Crippen molar-refractivity contribution in [2.24, 2.45) is 0 Å². The van der Waals surface area contributed by atoms with E-state index < -0.39 is 4.92 Å². The third-order valence-corrected chi connectivity index (χ3v) is 3.76.